The van der Waals surface area contributed by atoms with E-state index >= 15 is 0 Å². The number of aliphatic hydroxyl groups excluding tert-OH is 1. The van der Waals surface area contributed by atoms with Crippen molar-refractivity contribution in [3.8, 4) is 0 Å². The van der Waals surface area contributed by atoms with Gasteiger partial charge in [-0.3, -0.25) is 13.9 Å². The Hall–Kier alpha value is -3.38. The number of aliphatic hydroxyl groups is 1. The van der Waals surface area contributed by atoms with Crippen LogP contribution in [0.15, 0.2) is 53.2 Å². The molecule has 1 aromatic heterocycles. The molecule has 0 saturated carbocycles. The van der Waals surface area contributed by atoms with E-state index in [9.17, 15) is 28.1 Å². The number of aromatic nitrogens is 1. The van der Waals surface area contributed by atoms with E-state index in [1.165, 1.54) is 30.5 Å². The van der Waals surface area contributed by atoms with Gasteiger partial charge in [0, 0.05) is 24.3 Å². The van der Waals surface area contributed by atoms with Crippen LogP contribution < -0.4 is 10.8 Å². The number of hydrogen-bond acceptors (Lipinski definition) is 8. The van der Waals surface area contributed by atoms with Crippen LogP contribution in [0, 0.1) is 0 Å². The number of anilines is 1. The summed E-state index contributed by atoms with van der Waals surface area (Å²) < 4.78 is 30.8. The monoisotopic (exact) mass is 403 g/mol. The van der Waals surface area contributed by atoms with Crippen molar-refractivity contribution in [2.75, 3.05) is 12.4 Å². The molecule has 1 aromatic carbocycles. The number of carbonyl (C=O) groups is 2. The number of likely N-dealkylation sites (N-methyl/N-ethyl adjacent to an activating group) is 1. The van der Waals surface area contributed by atoms with E-state index in [4.69, 9.17) is 0 Å². The van der Waals surface area contributed by atoms with Crippen LogP contribution in [0.3, 0.4) is 0 Å². The van der Waals surface area contributed by atoms with Crippen LogP contribution in [0.1, 0.15) is 5.56 Å². The summed E-state index contributed by atoms with van der Waals surface area (Å²) >= 11 is 0. The molecule has 1 aliphatic rings. The number of sulfonamides is 1. The zero-order valence-corrected chi connectivity index (χ0v) is 15.3. The average Bonchev–Trinajstić information content (AvgIpc) is 2.67. The Morgan fingerprint density at radius 2 is 2.04 bits per heavy atom. The lowest BCUT2D eigenvalue weighted by Crippen LogP contribution is -2.42. The Bertz CT molecular complexity index is 1070. The molecule has 3 rings (SSSR count). The fourth-order valence-electron chi connectivity index (χ4n) is 2.75. The highest BCUT2D eigenvalue weighted by Gasteiger charge is 2.41. The predicted octanol–water partition coefficient (Wildman–Crippen LogP) is -0.559. The molecule has 28 heavy (non-hydrogen) atoms. The van der Waals surface area contributed by atoms with Gasteiger partial charge in [0.1, 0.15) is 5.82 Å². The molecule has 1 amide bonds. The SMILES string of the molecule is CN1C(C(=O)Nc2ccccn2)=C(O)c2c(B(O)OC=O)cccc2S1(=O)=O. The molecule has 3 N–H and O–H groups in total. The van der Waals surface area contributed by atoms with E-state index in [1.54, 1.807) is 12.1 Å². The van der Waals surface area contributed by atoms with Crippen LogP contribution in [0.4, 0.5) is 5.82 Å². The van der Waals surface area contributed by atoms with Crippen LogP contribution >= 0.6 is 0 Å². The third kappa shape index (κ3) is 3.19. The minimum Gasteiger partial charge on any atom is -0.508 e. The van der Waals surface area contributed by atoms with Gasteiger partial charge in [0.05, 0.1) is 4.90 Å². The standard InChI is InChI=1S/C16H14BN3O7S/c1-20-14(16(23)19-12-7-2-3-8-18-12)15(22)13-10(17(24)27-9-21)5-4-6-11(13)28(20,25)26/h2-9,22,24H,1H3,(H,18,19,23). The number of carbonyl (C=O) groups excluding carboxylic acids is 2. The van der Waals surface area contributed by atoms with Gasteiger partial charge in [-0.15, -0.1) is 0 Å². The first-order valence-electron chi connectivity index (χ1n) is 7.84. The molecule has 0 spiro atoms. The zero-order chi connectivity index (χ0) is 20.5. The number of rotatable bonds is 5. The summed E-state index contributed by atoms with van der Waals surface area (Å²) in [5.41, 5.74) is -1.10. The van der Waals surface area contributed by atoms with Gasteiger partial charge in [-0.05, 0) is 18.2 Å². The molecule has 144 valence electrons. The molecule has 0 aliphatic carbocycles. The van der Waals surface area contributed by atoms with Gasteiger partial charge in [0.2, 0.25) is 0 Å². The molecule has 2 heterocycles. The van der Waals surface area contributed by atoms with E-state index < -0.39 is 34.5 Å². The van der Waals surface area contributed by atoms with E-state index in [0.29, 0.717) is 4.31 Å². The molecular formula is C16H14BN3O7S. The van der Waals surface area contributed by atoms with Crippen molar-refractivity contribution in [1.82, 2.24) is 9.29 Å². The van der Waals surface area contributed by atoms with Gasteiger partial charge in [-0.1, -0.05) is 18.2 Å². The van der Waals surface area contributed by atoms with Crippen molar-refractivity contribution in [2.45, 2.75) is 4.90 Å². The van der Waals surface area contributed by atoms with Crippen LogP contribution in [0.25, 0.3) is 5.76 Å². The minimum atomic E-state index is -4.23. The summed E-state index contributed by atoms with van der Waals surface area (Å²) in [5, 5.41) is 23.1. The average molecular weight is 403 g/mol. The maximum atomic E-state index is 12.8. The molecule has 0 radical (unpaired) electrons. The summed E-state index contributed by atoms with van der Waals surface area (Å²) in [5.74, 6) is -1.50. The maximum Gasteiger partial charge on any atom is 0.562 e. The number of benzene rings is 1. The van der Waals surface area contributed by atoms with E-state index in [1.807, 2.05) is 0 Å². The predicted molar refractivity (Wildman–Crippen MR) is 98.6 cm³/mol. The van der Waals surface area contributed by atoms with E-state index in [0.717, 1.165) is 7.05 Å². The van der Waals surface area contributed by atoms with Crippen molar-refractivity contribution in [3.63, 3.8) is 0 Å². The topological polar surface area (TPSA) is 146 Å². The molecule has 0 unspecified atom stereocenters. The number of nitrogens with zero attached hydrogens (tertiary/aromatic N) is 2. The number of amides is 1. The fraction of sp³-hybridized carbons (Fsp3) is 0.0625. The van der Waals surface area contributed by atoms with Crippen molar-refractivity contribution < 1.29 is 32.8 Å². The van der Waals surface area contributed by atoms with Crippen molar-refractivity contribution in [2.24, 2.45) is 0 Å². The summed E-state index contributed by atoms with van der Waals surface area (Å²) in [6, 6.07) is 8.48. The van der Waals surface area contributed by atoms with Crippen LogP contribution in [-0.2, 0) is 24.3 Å². The fourth-order valence-corrected chi connectivity index (χ4v) is 4.17. The third-order valence-electron chi connectivity index (χ3n) is 4.04. The second-order valence-corrected chi connectivity index (χ2v) is 7.58. The number of pyridine rings is 1. The molecule has 0 atom stereocenters. The largest absolute Gasteiger partial charge is 0.562 e. The van der Waals surface area contributed by atoms with Gasteiger partial charge in [0.25, 0.3) is 22.4 Å². The Balaban J connectivity index is 2.18. The normalized spacial score (nSPS) is 14.9. The molecule has 0 fully saturated rings. The first kappa shape index (κ1) is 19.4. The highest BCUT2D eigenvalue weighted by molar-refractivity contribution is 7.89. The first-order chi connectivity index (χ1) is 13.3. The van der Waals surface area contributed by atoms with Crippen molar-refractivity contribution >= 4 is 46.6 Å². The Morgan fingerprint density at radius 3 is 2.68 bits per heavy atom. The summed E-state index contributed by atoms with van der Waals surface area (Å²) in [6.07, 6.45) is 1.42. The van der Waals surface area contributed by atoms with Crippen LogP contribution in [0.5, 0.6) is 0 Å². The number of fused-ring (bicyclic) bond motifs is 1. The Morgan fingerprint density at radius 1 is 1.29 bits per heavy atom. The highest BCUT2D eigenvalue weighted by Crippen LogP contribution is 2.34. The van der Waals surface area contributed by atoms with Crippen molar-refractivity contribution in [1.29, 1.82) is 0 Å². The van der Waals surface area contributed by atoms with Gasteiger partial charge in [-0.2, -0.15) is 0 Å². The maximum absolute atomic E-state index is 12.8. The molecule has 2 aromatic rings. The second-order valence-electron chi connectivity index (χ2n) is 5.64. The van der Waals surface area contributed by atoms with Crippen LogP contribution in [-0.4, -0.2) is 54.4 Å². The Labute approximate surface area is 160 Å². The first-order valence-corrected chi connectivity index (χ1v) is 9.28. The molecule has 0 saturated heterocycles. The van der Waals surface area contributed by atoms with Gasteiger partial charge < -0.3 is 20.1 Å². The smallest absolute Gasteiger partial charge is 0.508 e. The molecular weight excluding hydrogens is 389 g/mol. The zero-order valence-electron chi connectivity index (χ0n) is 14.4. The van der Waals surface area contributed by atoms with E-state index in [2.05, 4.69) is 15.0 Å². The third-order valence-corrected chi connectivity index (χ3v) is 5.84. The number of hydrogen-bond donors (Lipinski definition) is 3. The quantitative estimate of drug-likeness (QED) is 0.445. The molecule has 1 aliphatic heterocycles. The van der Waals surface area contributed by atoms with Crippen LogP contribution in [0.2, 0.25) is 0 Å². The van der Waals surface area contributed by atoms with E-state index in [-0.39, 0.29) is 28.2 Å². The summed E-state index contributed by atoms with van der Waals surface area (Å²) in [6.45, 7) is -0.0248. The van der Waals surface area contributed by atoms with Gasteiger partial charge >= 0.3 is 7.12 Å². The summed E-state index contributed by atoms with van der Waals surface area (Å²) in [4.78, 5) is 26.8. The highest BCUT2D eigenvalue weighted by atomic mass is 32.2. The second kappa shape index (κ2) is 7.33. The van der Waals surface area contributed by atoms with Gasteiger partial charge in [0.15, 0.2) is 11.5 Å². The van der Waals surface area contributed by atoms with Crippen molar-refractivity contribution in [3.05, 3.63) is 53.9 Å². The lowest BCUT2D eigenvalue weighted by atomic mass is 9.75. The lowest BCUT2D eigenvalue weighted by molar-refractivity contribution is -0.121. The summed E-state index contributed by atoms with van der Waals surface area (Å²) in [7, 11) is -4.97. The minimum absolute atomic E-state index is 0.0248. The molecule has 10 nitrogen and oxygen atoms in total. The molecule has 12 heteroatoms. The molecule has 0 bridgehead atoms. The lowest BCUT2D eigenvalue weighted by Gasteiger charge is -2.29. The van der Waals surface area contributed by atoms with Gasteiger partial charge in [-0.25, -0.2) is 13.4 Å². The Kier molecular flexibility index (Phi) is 5.07. The number of nitrogens with one attached hydrogen (secondary N) is 1.